The van der Waals surface area contributed by atoms with Crippen molar-refractivity contribution in [3.05, 3.63) is 45.9 Å². The van der Waals surface area contributed by atoms with Crippen molar-refractivity contribution in [3.63, 3.8) is 0 Å². The van der Waals surface area contributed by atoms with Crippen LogP contribution in [0.1, 0.15) is 23.2 Å². The number of benzene rings is 2. The number of carbonyl (C=O) groups excluding carboxylic acids is 2. The summed E-state index contributed by atoms with van der Waals surface area (Å²) in [6, 6.07) is 8.18. The first kappa shape index (κ1) is 23.0. The molecule has 0 aromatic heterocycles. The second kappa shape index (κ2) is 10.1. The second-order valence-corrected chi connectivity index (χ2v) is 7.94. The molecule has 3 rings (SSSR count). The maximum atomic E-state index is 13.0. The maximum Gasteiger partial charge on any atom is 0.254 e. The van der Waals surface area contributed by atoms with E-state index in [0.717, 1.165) is 0 Å². The summed E-state index contributed by atoms with van der Waals surface area (Å²) in [6.07, 6.45) is 1.10. The zero-order valence-electron chi connectivity index (χ0n) is 17.5. The van der Waals surface area contributed by atoms with Gasteiger partial charge in [0.15, 0.2) is 11.5 Å². The molecular weight excluding hydrogens is 443 g/mol. The first-order chi connectivity index (χ1) is 14.9. The molecule has 31 heavy (non-hydrogen) atoms. The number of ether oxygens (including phenoxy) is 3. The highest BCUT2D eigenvalue weighted by atomic mass is 35.5. The predicted octanol–water partition coefficient (Wildman–Crippen LogP) is 4.51. The Morgan fingerprint density at radius 2 is 1.58 bits per heavy atom. The van der Waals surface area contributed by atoms with Gasteiger partial charge in [0.05, 0.1) is 32.0 Å². The van der Waals surface area contributed by atoms with Gasteiger partial charge in [0.25, 0.3) is 5.91 Å². The molecule has 0 atom stereocenters. The van der Waals surface area contributed by atoms with Crippen LogP contribution in [0, 0.1) is 5.92 Å². The van der Waals surface area contributed by atoms with Crippen LogP contribution in [-0.2, 0) is 4.79 Å². The molecule has 1 aliphatic heterocycles. The number of amides is 2. The van der Waals surface area contributed by atoms with E-state index in [1.807, 2.05) is 0 Å². The summed E-state index contributed by atoms with van der Waals surface area (Å²) in [4.78, 5) is 27.4. The number of likely N-dealkylation sites (tertiary alicyclic amines) is 1. The molecule has 9 heteroatoms. The van der Waals surface area contributed by atoms with Crippen LogP contribution in [0.25, 0.3) is 0 Å². The molecule has 0 bridgehead atoms. The zero-order chi connectivity index (χ0) is 22.5. The number of methoxy groups -OCH3 is 3. The minimum Gasteiger partial charge on any atom is -0.493 e. The van der Waals surface area contributed by atoms with Gasteiger partial charge in [0.1, 0.15) is 0 Å². The molecule has 1 aliphatic rings. The van der Waals surface area contributed by atoms with Crippen molar-refractivity contribution in [1.29, 1.82) is 0 Å². The standard InChI is InChI=1S/C22H24Cl2N2O5/c1-29-18-10-14(11-19(30-2)20(18)31-3)22(28)26-8-6-13(7-9-26)21(27)25-17-5-4-15(23)12-16(17)24/h4-5,10-13H,6-9H2,1-3H3,(H,25,27). The lowest BCUT2D eigenvalue weighted by Crippen LogP contribution is -2.41. The zero-order valence-corrected chi connectivity index (χ0v) is 19.0. The first-order valence-electron chi connectivity index (χ1n) is 9.73. The van der Waals surface area contributed by atoms with Crippen LogP contribution < -0.4 is 19.5 Å². The van der Waals surface area contributed by atoms with Crippen molar-refractivity contribution in [3.8, 4) is 17.2 Å². The smallest absolute Gasteiger partial charge is 0.254 e. The summed E-state index contributed by atoms with van der Waals surface area (Å²) in [6.45, 7) is 0.920. The van der Waals surface area contributed by atoms with Crippen molar-refractivity contribution >= 4 is 40.7 Å². The quantitative estimate of drug-likeness (QED) is 0.677. The van der Waals surface area contributed by atoms with Gasteiger partial charge in [0.2, 0.25) is 11.7 Å². The van der Waals surface area contributed by atoms with Crippen molar-refractivity contribution in [2.75, 3.05) is 39.7 Å². The van der Waals surface area contributed by atoms with Gasteiger partial charge >= 0.3 is 0 Å². The molecule has 2 amide bonds. The van der Waals surface area contributed by atoms with Crippen molar-refractivity contribution in [1.82, 2.24) is 4.90 Å². The summed E-state index contributed by atoms with van der Waals surface area (Å²) in [7, 11) is 4.51. The van der Waals surface area contributed by atoms with Gasteiger partial charge in [-0.05, 0) is 43.2 Å². The molecule has 0 spiro atoms. The van der Waals surface area contributed by atoms with Crippen LogP contribution >= 0.6 is 23.2 Å². The number of hydrogen-bond donors (Lipinski definition) is 1. The van der Waals surface area contributed by atoms with Gasteiger partial charge in [-0.1, -0.05) is 23.2 Å². The molecule has 0 aliphatic carbocycles. The summed E-state index contributed by atoms with van der Waals surface area (Å²) in [5.74, 6) is 0.773. The van der Waals surface area contributed by atoms with Crippen LogP contribution in [0.5, 0.6) is 17.2 Å². The molecule has 0 radical (unpaired) electrons. The normalized spacial score (nSPS) is 14.2. The van der Waals surface area contributed by atoms with Gasteiger partial charge in [-0.15, -0.1) is 0 Å². The van der Waals surface area contributed by atoms with Crippen LogP contribution in [0.2, 0.25) is 10.0 Å². The second-order valence-electron chi connectivity index (χ2n) is 7.09. The highest BCUT2D eigenvalue weighted by molar-refractivity contribution is 6.36. The van der Waals surface area contributed by atoms with E-state index in [1.165, 1.54) is 21.3 Å². The van der Waals surface area contributed by atoms with Gasteiger partial charge in [-0.2, -0.15) is 0 Å². The van der Waals surface area contributed by atoms with Gasteiger partial charge in [0, 0.05) is 29.6 Å². The first-order valence-corrected chi connectivity index (χ1v) is 10.5. The number of piperidine rings is 1. The summed E-state index contributed by atoms with van der Waals surface area (Å²) >= 11 is 12.0. The fraction of sp³-hybridized carbons (Fsp3) is 0.364. The van der Waals surface area contributed by atoms with Gasteiger partial charge in [-0.3, -0.25) is 9.59 Å². The monoisotopic (exact) mass is 466 g/mol. The predicted molar refractivity (Wildman–Crippen MR) is 120 cm³/mol. The molecule has 0 saturated carbocycles. The summed E-state index contributed by atoms with van der Waals surface area (Å²) < 4.78 is 16.0. The number of anilines is 1. The number of rotatable bonds is 6. The Bertz CT molecular complexity index is 949. The lowest BCUT2D eigenvalue weighted by atomic mass is 9.95. The minimum atomic E-state index is -0.212. The third-order valence-corrected chi connectivity index (χ3v) is 5.80. The molecule has 7 nitrogen and oxygen atoms in total. The largest absolute Gasteiger partial charge is 0.493 e. The van der Waals surface area contributed by atoms with E-state index in [4.69, 9.17) is 37.4 Å². The van der Waals surface area contributed by atoms with Crippen LogP contribution in [-0.4, -0.2) is 51.1 Å². The molecule has 2 aromatic carbocycles. The average molecular weight is 467 g/mol. The number of carbonyl (C=O) groups is 2. The van der Waals surface area contributed by atoms with Crippen molar-refractivity contribution in [2.24, 2.45) is 5.92 Å². The van der Waals surface area contributed by atoms with E-state index >= 15 is 0 Å². The highest BCUT2D eigenvalue weighted by Gasteiger charge is 2.29. The molecule has 166 valence electrons. The number of nitrogens with one attached hydrogen (secondary N) is 1. The Morgan fingerprint density at radius 3 is 2.10 bits per heavy atom. The molecule has 1 saturated heterocycles. The molecule has 2 aromatic rings. The SMILES string of the molecule is COc1cc(C(=O)N2CCC(C(=O)Nc3ccc(Cl)cc3Cl)CC2)cc(OC)c1OC. The van der Waals surface area contributed by atoms with Crippen LogP contribution in [0.4, 0.5) is 5.69 Å². The average Bonchev–Trinajstić information content (AvgIpc) is 2.79. The topological polar surface area (TPSA) is 77.1 Å². The Hall–Kier alpha value is -2.64. The van der Waals surface area contributed by atoms with E-state index in [1.54, 1.807) is 35.2 Å². The van der Waals surface area contributed by atoms with Crippen LogP contribution in [0.15, 0.2) is 30.3 Å². The molecule has 0 unspecified atom stereocenters. The van der Waals surface area contributed by atoms with E-state index in [0.29, 0.717) is 64.5 Å². The van der Waals surface area contributed by atoms with E-state index in [2.05, 4.69) is 5.32 Å². The fourth-order valence-electron chi connectivity index (χ4n) is 3.56. The Balaban J connectivity index is 1.65. The van der Waals surface area contributed by atoms with E-state index in [-0.39, 0.29) is 17.7 Å². The molecule has 1 heterocycles. The third-order valence-electron chi connectivity index (χ3n) is 5.25. The summed E-state index contributed by atoms with van der Waals surface area (Å²) in [5, 5.41) is 3.73. The fourth-order valence-corrected chi connectivity index (χ4v) is 4.01. The van der Waals surface area contributed by atoms with Gasteiger partial charge < -0.3 is 24.4 Å². The maximum absolute atomic E-state index is 13.0. The number of hydrogen-bond acceptors (Lipinski definition) is 5. The Morgan fingerprint density at radius 1 is 0.968 bits per heavy atom. The lowest BCUT2D eigenvalue weighted by molar-refractivity contribution is -0.121. The summed E-state index contributed by atoms with van der Waals surface area (Å²) in [5.41, 5.74) is 0.956. The van der Waals surface area contributed by atoms with Crippen molar-refractivity contribution in [2.45, 2.75) is 12.8 Å². The van der Waals surface area contributed by atoms with Crippen molar-refractivity contribution < 1.29 is 23.8 Å². The Kier molecular flexibility index (Phi) is 7.51. The van der Waals surface area contributed by atoms with Crippen LogP contribution in [0.3, 0.4) is 0 Å². The molecule has 1 fully saturated rings. The highest BCUT2D eigenvalue weighted by Crippen LogP contribution is 2.38. The molecular formula is C22H24Cl2N2O5. The Labute approximate surface area is 191 Å². The molecule has 1 N–H and O–H groups in total. The van der Waals surface area contributed by atoms with Gasteiger partial charge in [-0.25, -0.2) is 0 Å². The number of nitrogens with zero attached hydrogens (tertiary/aromatic N) is 1. The number of halogens is 2. The van der Waals surface area contributed by atoms with E-state index < -0.39 is 0 Å². The minimum absolute atomic E-state index is 0.121. The van der Waals surface area contributed by atoms with E-state index in [9.17, 15) is 9.59 Å². The third kappa shape index (κ3) is 5.17. The lowest BCUT2D eigenvalue weighted by Gasteiger charge is -2.31.